The number of hydrogen-bond donors (Lipinski definition) is 0. The highest BCUT2D eigenvalue weighted by Crippen LogP contribution is 2.06. The highest BCUT2D eigenvalue weighted by molar-refractivity contribution is 6.44. The lowest BCUT2D eigenvalue weighted by Crippen LogP contribution is -1.96. The molecule has 0 spiro atoms. The monoisotopic (exact) mass is 264 g/mol. The Hall–Kier alpha value is -1.54. The Bertz CT molecular complexity index is 421. The van der Waals surface area contributed by atoms with Crippen molar-refractivity contribution < 1.29 is 9.53 Å². The molecular formula is C15H17ClO2. The molecule has 0 radical (unpaired) electrons. The van der Waals surface area contributed by atoms with E-state index in [-0.39, 0.29) is 10.8 Å². The van der Waals surface area contributed by atoms with E-state index in [2.05, 4.69) is 12.1 Å². The summed E-state index contributed by atoms with van der Waals surface area (Å²) in [5, 5.41) is 0.104. The zero-order valence-electron chi connectivity index (χ0n) is 10.4. The molecule has 0 fully saturated rings. The first-order valence-corrected chi connectivity index (χ1v) is 6.30. The number of carbonyl (C=O) groups excluding carboxylic acids is 1. The van der Waals surface area contributed by atoms with Gasteiger partial charge in [-0.25, -0.2) is 0 Å². The van der Waals surface area contributed by atoms with Gasteiger partial charge in [0.05, 0.1) is 6.61 Å². The molecule has 0 bridgehead atoms. The minimum absolute atomic E-state index is 0.104. The van der Waals surface area contributed by atoms with Gasteiger partial charge in [0.2, 0.25) is 0 Å². The van der Waals surface area contributed by atoms with Crippen molar-refractivity contribution in [3.05, 3.63) is 59.3 Å². The van der Waals surface area contributed by atoms with Crippen molar-refractivity contribution in [2.75, 3.05) is 6.61 Å². The third-order valence-electron chi connectivity index (χ3n) is 2.31. The van der Waals surface area contributed by atoms with Crippen molar-refractivity contribution in [2.45, 2.75) is 19.8 Å². The van der Waals surface area contributed by atoms with Gasteiger partial charge in [-0.15, -0.1) is 0 Å². The molecule has 1 aromatic rings. The van der Waals surface area contributed by atoms with Crippen LogP contribution >= 0.6 is 11.6 Å². The van der Waals surface area contributed by atoms with Crippen molar-refractivity contribution in [3.63, 3.8) is 0 Å². The molecule has 2 nitrogen and oxygen atoms in total. The predicted molar refractivity (Wildman–Crippen MR) is 74.5 cm³/mol. The zero-order valence-corrected chi connectivity index (χ0v) is 11.2. The fraction of sp³-hybridized carbons (Fsp3) is 0.267. The maximum Gasteiger partial charge on any atom is 0.199 e. The molecule has 0 aliphatic heterocycles. The smallest absolute Gasteiger partial charge is 0.199 e. The molecule has 3 heteroatoms. The Kier molecular flexibility index (Phi) is 6.89. The second-order valence-electron chi connectivity index (χ2n) is 3.79. The molecule has 18 heavy (non-hydrogen) atoms. The number of benzene rings is 1. The number of carbonyl (C=O) groups is 1. The van der Waals surface area contributed by atoms with Gasteiger partial charge >= 0.3 is 0 Å². The second-order valence-corrected chi connectivity index (χ2v) is 4.20. The largest absolute Gasteiger partial charge is 0.499 e. The Morgan fingerprint density at radius 2 is 2.06 bits per heavy atom. The summed E-state index contributed by atoms with van der Waals surface area (Å²) in [4.78, 5) is 11.3. The summed E-state index contributed by atoms with van der Waals surface area (Å²) in [6, 6.07) is 10.2. The summed E-state index contributed by atoms with van der Waals surface area (Å²) >= 11 is 5.74. The number of allylic oxidation sites excluding steroid dienone is 3. The summed E-state index contributed by atoms with van der Waals surface area (Å²) in [5.41, 5.74) is 1.28. The van der Waals surface area contributed by atoms with Gasteiger partial charge in [-0.3, -0.25) is 4.79 Å². The van der Waals surface area contributed by atoms with Gasteiger partial charge in [0.15, 0.2) is 5.78 Å². The van der Waals surface area contributed by atoms with Gasteiger partial charge < -0.3 is 4.74 Å². The third-order valence-corrected chi connectivity index (χ3v) is 2.59. The number of ether oxygens (including phenoxy) is 1. The van der Waals surface area contributed by atoms with E-state index in [9.17, 15) is 4.79 Å². The Morgan fingerprint density at radius 1 is 1.33 bits per heavy atom. The van der Waals surface area contributed by atoms with E-state index in [4.69, 9.17) is 16.3 Å². The molecular weight excluding hydrogens is 248 g/mol. The maximum atomic E-state index is 11.3. The molecule has 0 aliphatic rings. The van der Waals surface area contributed by atoms with Crippen LogP contribution in [0.5, 0.6) is 0 Å². The van der Waals surface area contributed by atoms with Crippen LogP contribution in [0, 0.1) is 0 Å². The van der Waals surface area contributed by atoms with Crippen LogP contribution in [0.3, 0.4) is 0 Å². The molecule has 0 heterocycles. The van der Waals surface area contributed by atoms with Crippen LogP contribution in [0.25, 0.3) is 0 Å². The Labute approximate surface area is 113 Å². The van der Waals surface area contributed by atoms with Crippen molar-refractivity contribution in [2.24, 2.45) is 0 Å². The van der Waals surface area contributed by atoms with E-state index in [1.165, 1.54) is 17.9 Å². The molecule has 1 aromatic carbocycles. The topological polar surface area (TPSA) is 26.3 Å². The van der Waals surface area contributed by atoms with E-state index in [1.54, 1.807) is 13.0 Å². The van der Waals surface area contributed by atoms with Gasteiger partial charge in [0, 0.05) is 0 Å². The average Bonchev–Trinajstić information content (AvgIpc) is 2.39. The van der Waals surface area contributed by atoms with Crippen LogP contribution < -0.4 is 0 Å². The normalized spacial score (nSPS) is 11.8. The fourth-order valence-corrected chi connectivity index (χ4v) is 1.55. The predicted octanol–water partition coefficient (Wildman–Crippen LogP) is 3.86. The van der Waals surface area contributed by atoms with Crippen LogP contribution in [0.2, 0.25) is 0 Å². The van der Waals surface area contributed by atoms with Gasteiger partial charge in [-0.2, -0.15) is 0 Å². The molecule has 1 rings (SSSR count). The van der Waals surface area contributed by atoms with Gasteiger partial charge in [0.25, 0.3) is 0 Å². The molecule has 0 unspecified atom stereocenters. The highest BCUT2D eigenvalue weighted by atomic mass is 35.5. The fourth-order valence-electron chi connectivity index (χ4n) is 1.43. The third kappa shape index (κ3) is 5.69. The van der Waals surface area contributed by atoms with Crippen molar-refractivity contribution in [1.29, 1.82) is 0 Å². The van der Waals surface area contributed by atoms with E-state index in [0.29, 0.717) is 6.61 Å². The molecule has 0 saturated heterocycles. The molecule has 0 N–H and O–H groups in total. The van der Waals surface area contributed by atoms with Gasteiger partial charge in [-0.05, 0) is 31.4 Å². The number of hydrogen-bond acceptors (Lipinski definition) is 2. The Morgan fingerprint density at radius 3 is 2.72 bits per heavy atom. The zero-order chi connectivity index (χ0) is 13.2. The maximum absolute atomic E-state index is 11.3. The summed E-state index contributed by atoms with van der Waals surface area (Å²) in [5.74, 6) is -0.234. The molecule has 0 amide bonds. The van der Waals surface area contributed by atoms with E-state index < -0.39 is 0 Å². The average molecular weight is 265 g/mol. The second kappa shape index (κ2) is 8.54. The van der Waals surface area contributed by atoms with Crippen molar-refractivity contribution in [3.8, 4) is 0 Å². The minimum atomic E-state index is -0.234. The van der Waals surface area contributed by atoms with Crippen molar-refractivity contribution >= 4 is 17.4 Å². The standard InChI is InChI=1S/C15H17ClO2/c1-2-7-15(17)14(16)12-18-11-6-10-13-8-4-3-5-9-13/h2-5,7-9,12H,6,10-11H2,1H3/b7-2-,14-12-. The number of ketones is 1. The molecule has 96 valence electrons. The minimum Gasteiger partial charge on any atom is -0.499 e. The van der Waals surface area contributed by atoms with Gasteiger partial charge in [-0.1, -0.05) is 48.0 Å². The Balaban J connectivity index is 2.22. The van der Waals surface area contributed by atoms with Crippen LogP contribution in [0.15, 0.2) is 53.8 Å². The molecule has 0 atom stereocenters. The van der Waals surface area contributed by atoms with E-state index in [1.807, 2.05) is 18.2 Å². The number of aryl methyl sites for hydroxylation is 1. The van der Waals surface area contributed by atoms with Crippen LogP contribution in [-0.2, 0) is 16.0 Å². The number of rotatable bonds is 7. The highest BCUT2D eigenvalue weighted by Gasteiger charge is 2.01. The lowest BCUT2D eigenvalue weighted by Gasteiger charge is -2.02. The molecule has 0 saturated carbocycles. The van der Waals surface area contributed by atoms with Crippen LogP contribution in [0.1, 0.15) is 18.9 Å². The summed E-state index contributed by atoms with van der Waals surface area (Å²) in [7, 11) is 0. The molecule has 0 aromatic heterocycles. The van der Waals surface area contributed by atoms with Crippen molar-refractivity contribution in [1.82, 2.24) is 0 Å². The van der Waals surface area contributed by atoms with Gasteiger partial charge in [0.1, 0.15) is 11.3 Å². The van der Waals surface area contributed by atoms with Crippen LogP contribution in [0.4, 0.5) is 0 Å². The van der Waals surface area contributed by atoms with E-state index >= 15 is 0 Å². The number of halogens is 1. The van der Waals surface area contributed by atoms with Crippen LogP contribution in [-0.4, -0.2) is 12.4 Å². The lowest BCUT2D eigenvalue weighted by molar-refractivity contribution is -0.110. The first-order valence-electron chi connectivity index (χ1n) is 5.92. The summed E-state index contributed by atoms with van der Waals surface area (Å²) in [6.45, 7) is 2.32. The molecule has 0 aliphatic carbocycles. The SMILES string of the molecule is C/C=C\C(=O)/C(Cl)=C/OCCCc1ccccc1. The first-order chi connectivity index (χ1) is 8.74. The lowest BCUT2D eigenvalue weighted by atomic mass is 10.1. The summed E-state index contributed by atoms with van der Waals surface area (Å²) in [6.07, 6.45) is 6.21. The quantitative estimate of drug-likeness (QED) is 0.425. The summed E-state index contributed by atoms with van der Waals surface area (Å²) < 4.78 is 5.24. The van der Waals surface area contributed by atoms with E-state index in [0.717, 1.165) is 12.8 Å². The first kappa shape index (κ1) is 14.5.